The van der Waals surface area contributed by atoms with E-state index in [4.69, 9.17) is 33.2 Å². The van der Waals surface area contributed by atoms with Crippen molar-refractivity contribution in [2.75, 3.05) is 13.1 Å². The van der Waals surface area contributed by atoms with Crippen molar-refractivity contribution in [1.82, 2.24) is 4.31 Å². The Morgan fingerprint density at radius 2 is 1.73 bits per heavy atom. The lowest BCUT2D eigenvalue weighted by molar-refractivity contribution is 0.436. The van der Waals surface area contributed by atoms with Crippen molar-refractivity contribution in [3.05, 3.63) is 45.9 Å². The van der Waals surface area contributed by atoms with Crippen LogP contribution in [0.2, 0.25) is 10.0 Å². The lowest BCUT2D eigenvalue weighted by atomic mass is 10.2. The first-order valence-corrected chi connectivity index (χ1v) is 9.92. The molecular formula is C17H14Cl2N2O4S. The van der Waals surface area contributed by atoms with Crippen LogP contribution in [-0.2, 0) is 10.0 Å². The third-order valence-corrected chi connectivity index (χ3v) is 6.45. The summed E-state index contributed by atoms with van der Waals surface area (Å²) in [5.41, 5.74) is 0.273. The van der Waals surface area contributed by atoms with Crippen molar-refractivity contribution in [3.8, 4) is 23.3 Å². The van der Waals surface area contributed by atoms with Gasteiger partial charge < -0.3 is 9.84 Å². The lowest BCUT2D eigenvalue weighted by Crippen LogP contribution is -2.27. The average molecular weight is 413 g/mol. The summed E-state index contributed by atoms with van der Waals surface area (Å²) in [4.78, 5) is -0.238. The summed E-state index contributed by atoms with van der Waals surface area (Å²) in [5.74, 6) is -0.113. The van der Waals surface area contributed by atoms with E-state index in [1.54, 1.807) is 0 Å². The molecule has 0 aliphatic carbocycles. The van der Waals surface area contributed by atoms with E-state index in [1.807, 2.05) is 6.07 Å². The molecule has 9 heteroatoms. The van der Waals surface area contributed by atoms with Gasteiger partial charge >= 0.3 is 0 Å². The van der Waals surface area contributed by atoms with E-state index in [9.17, 15) is 13.5 Å². The predicted octanol–water partition coefficient (Wildman–Crippen LogP) is 4.15. The number of nitrogens with zero attached hydrogens (tertiary/aromatic N) is 2. The molecule has 0 amide bonds. The zero-order valence-electron chi connectivity index (χ0n) is 13.4. The van der Waals surface area contributed by atoms with Gasteiger partial charge in [0.15, 0.2) is 5.75 Å². The number of sulfonamides is 1. The second-order valence-electron chi connectivity index (χ2n) is 5.72. The zero-order valence-corrected chi connectivity index (χ0v) is 15.8. The molecule has 6 nitrogen and oxygen atoms in total. The number of halogens is 2. The minimum atomic E-state index is -3.82. The first-order valence-electron chi connectivity index (χ1n) is 7.73. The molecule has 2 aromatic rings. The van der Waals surface area contributed by atoms with Crippen LogP contribution < -0.4 is 4.74 Å². The topological polar surface area (TPSA) is 90.6 Å². The number of phenols is 1. The molecule has 0 aromatic heterocycles. The number of ether oxygens (including phenoxy) is 1. The zero-order chi connectivity index (χ0) is 18.9. The molecule has 0 saturated carbocycles. The third kappa shape index (κ3) is 3.60. The van der Waals surface area contributed by atoms with E-state index in [1.165, 1.54) is 34.6 Å². The Labute approximate surface area is 161 Å². The summed E-state index contributed by atoms with van der Waals surface area (Å²) in [6, 6.07) is 8.59. The summed E-state index contributed by atoms with van der Waals surface area (Å²) >= 11 is 12.2. The molecule has 1 fully saturated rings. The van der Waals surface area contributed by atoms with Crippen LogP contribution in [-0.4, -0.2) is 30.9 Å². The van der Waals surface area contributed by atoms with Gasteiger partial charge in [-0.25, -0.2) is 8.42 Å². The van der Waals surface area contributed by atoms with Gasteiger partial charge in [-0.15, -0.1) is 0 Å². The van der Waals surface area contributed by atoms with E-state index in [0.717, 1.165) is 12.8 Å². The van der Waals surface area contributed by atoms with Crippen LogP contribution in [0.3, 0.4) is 0 Å². The third-order valence-electron chi connectivity index (χ3n) is 3.96. The summed E-state index contributed by atoms with van der Waals surface area (Å²) < 4.78 is 32.4. The van der Waals surface area contributed by atoms with Crippen LogP contribution in [0.5, 0.6) is 17.2 Å². The molecule has 0 atom stereocenters. The fraction of sp³-hybridized carbons (Fsp3) is 0.235. The van der Waals surface area contributed by atoms with Gasteiger partial charge in [0.2, 0.25) is 10.0 Å². The molecule has 0 spiro atoms. The van der Waals surface area contributed by atoms with Gasteiger partial charge in [-0.2, -0.15) is 9.57 Å². The summed E-state index contributed by atoms with van der Waals surface area (Å²) in [5, 5.41) is 19.2. The van der Waals surface area contributed by atoms with E-state index < -0.39 is 10.0 Å². The Balaban J connectivity index is 1.98. The second-order valence-corrected chi connectivity index (χ2v) is 8.44. The Morgan fingerprint density at radius 1 is 1.12 bits per heavy atom. The smallest absolute Gasteiger partial charge is 0.246 e. The van der Waals surface area contributed by atoms with Gasteiger partial charge in [0.1, 0.15) is 16.4 Å². The normalized spacial score (nSPS) is 15.0. The van der Waals surface area contributed by atoms with E-state index in [2.05, 4.69) is 0 Å². The maximum absolute atomic E-state index is 12.7. The minimum absolute atomic E-state index is 0.0996. The van der Waals surface area contributed by atoms with Crippen molar-refractivity contribution in [1.29, 1.82) is 5.26 Å². The molecule has 1 saturated heterocycles. The quantitative estimate of drug-likeness (QED) is 0.814. The number of nitriles is 1. The van der Waals surface area contributed by atoms with Gasteiger partial charge in [0.05, 0.1) is 21.7 Å². The highest BCUT2D eigenvalue weighted by Gasteiger charge is 2.30. The molecule has 0 unspecified atom stereocenters. The number of phenolic OH excluding ortho intramolecular Hbond substituents is 1. The molecule has 0 bridgehead atoms. The SMILES string of the molecule is N#Cc1cc(Cl)c(Oc2ccc(O)c(S(=O)(=O)N3CCCC3)c2)c(Cl)c1. The Hall–Kier alpha value is -1.98. The minimum Gasteiger partial charge on any atom is -0.507 e. The second kappa shape index (κ2) is 7.33. The Kier molecular flexibility index (Phi) is 5.30. The molecular weight excluding hydrogens is 399 g/mol. The van der Waals surface area contributed by atoms with Crippen LogP contribution in [0.25, 0.3) is 0 Å². The molecule has 136 valence electrons. The van der Waals surface area contributed by atoms with Crippen molar-refractivity contribution in [2.45, 2.75) is 17.7 Å². The van der Waals surface area contributed by atoms with Crippen LogP contribution in [0.1, 0.15) is 18.4 Å². The van der Waals surface area contributed by atoms with E-state index in [-0.39, 0.29) is 37.8 Å². The van der Waals surface area contributed by atoms with Crippen molar-refractivity contribution in [2.24, 2.45) is 0 Å². The first-order chi connectivity index (χ1) is 12.3. The Morgan fingerprint density at radius 3 is 2.31 bits per heavy atom. The molecule has 3 rings (SSSR count). The molecule has 26 heavy (non-hydrogen) atoms. The molecule has 1 aliphatic heterocycles. The first kappa shape index (κ1) is 18.8. The van der Waals surface area contributed by atoms with Gasteiger partial charge in [-0.3, -0.25) is 0 Å². The number of aromatic hydroxyl groups is 1. The maximum atomic E-state index is 12.7. The van der Waals surface area contributed by atoms with Gasteiger partial charge in [-0.1, -0.05) is 23.2 Å². The van der Waals surface area contributed by atoms with Crippen LogP contribution in [0.15, 0.2) is 35.2 Å². The van der Waals surface area contributed by atoms with Gasteiger partial charge in [0.25, 0.3) is 0 Å². The van der Waals surface area contributed by atoms with Gasteiger partial charge in [-0.05, 0) is 37.1 Å². The summed E-state index contributed by atoms with van der Waals surface area (Å²) in [6.45, 7) is 0.834. The van der Waals surface area contributed by atoms with Crippen LogP contribution in [0.4, 0.5) is 0 Å². The van der Waals surface area contributed by atoms with Crippen molar-refractivity contribution in [3.63, 3.8) is 0 Å². The molecule has 1 N–H and O–H groups in total. The average Bonchev–Trinajstić information content (AvgIpc) is 3.14. The van der Waals surface area contributed by atoms with Crippen molar-refractivity contribution >= 4 is 33.2 Å². The van der Waals surface area contributed by atoms with Crippen molar-refractivity contribution < 1.29 is 18.3 Å². The maximum Gasteiger partial charge on any atom is 0.246 e. The number of hydrogen-bond donors (Lipinski definition) is 1. The summed E-state index contributed by atoms with van der Waals surface area (Å²) in [7, 11) is -3.82. The lowest BCUT2D eigenvalue weighted by Gasteiger charge is -2.17. The van der Waals surface area contributed by atoms with E-state index in [0.29, 0.717) is 13.1 Å². The van der Waals surface area contributed by atoms with Crippen LogP contribution in [0, 0.1) is 11.3 Å². The molecule has 0 radical (unpaired) electrons. The van der Waals surface area contributed by atoms with E-state index >= 15 is 0 Å². The molecule has 1 aliphatic rings. The highest BCUT2D eigenvalue weighted by Crippen LogP contribution is 2.39. The molecule has 2 aromatic carbocycles. The predicted molar refractivity (Wildman–Crippen MR) is 97.4 cm³/mol. The summed E-state index contributed by atoms with van der Waals surface area (Å²) in [6.07, 6.45) is 1.57. The monoisotopic (exact) mass is 412 g/mol. The fourth-order valence-electron chi connectivity index (χ4n) is 2.67. The highest BCUT2D eigenvalue weighted by molar-refractivity contribution is 7.89. The molecule has 1 heterocycles. The number of hydrogen-bond acceptors (Lipinski definition) is 5. The number of benzene rings is 2. The largest absolute Gasteiger partial charge is 0.507 e. The van der Waals surface area contributed by atoms with Gasteiger partial charge in [0, 0.05) is 19.2 Å². The van der Waals surface area contributed by atoms with Crippen LogP contribution >= 0.6 is 23.2 Å². The number of rotatable bonds is 4. The fourth-order valence-corrected chi connectivity index (χ4v) is 4.85. The standard InChI is InChI=1S/C17H14Cl2N2O4S/c18-13-7-11(10-20)8-14(19)17(13)25-12-3-4-15(22)16(9-12)26(23,24)21-5-1-2-6-21/h3-4,7-9,22H,1-2,5-6H2. The Bertz CT molecular complexity index is 973. The highest BCUT2D eigenvalue weighted by atomic mass is 35.5.